The zero-order chi connectivity index (χ0) is 14.5. The average Bonchev–Trinajstić information content (AvgIpc) is 2.28. The van der Waals surface area contributed by atoms with Crippen LogP contribution in [0.25, 0.3) is 0 Å². The van der Waals surface area contributed by atoms with Crippen LogP contribution in [0.5, 0.6) is 5.75 Å². The number of rotatable bonds is 7. The lowest BCUT2D eigenvalue weighted by Gasteiger charge is -2.10. The highest BCUT2D eigenvalue weighted by Gasteiger charge is 2.16. The van der Waals surface area contributed by atoms with Gasteiger partial charge >= 0.3 is 5.97 Å². The summed E-state index contributed by atoms with van der Waals surface area (Å²) in [6.07, 6.45) is 0.542. The van der Waals surface area contributed by atoms with Crippen molar-refractivity contribution in [1.82, 2.24) is 0 Å². The Bertz CT molecular complexity index is 553. The van der Waals surface area contributed by atoms with Gasteiger partial charge in [0.1, 0.15) is 17.9 Å². The third-order valence-corrected chi connectivity index (χ3v) is 4.49. The maximum atomic E-state index is 11.5. The van der Waals surface area contributed by atoms with Crippen molar-refractivity contribution in [2.75, 3.05) is 18.1 Å². The summed E-state index contributed by atoms with van der Waals surface area (Å²) in [7, 11) is -3.15. The first-order valence-electron chi connectivity index (χ1n) is 5.72. The molecule has 19 heavy (non-hydrogen) atoms. The largest absolute Gasteiger partial charge is 0.492 e. The van der Waals surface area contributed by atoms with Gasteiger partial charge in [0.05, 0.1) is 16.5 Å². The maximum Gasteiger partial charge on any atom is 0.341 e. The molecule has 0 spiro atoms. The van der Waals surface area contributed by atoms with Gasteiger partial charge in [-0.25, -0.2) is 13.2 Å². The topological polar surface area (TPSA) is 80.7 Å². The third kappa shape index (κ3) is 4.72. The second-order valence-corrected chi connectivity index (χ2v) is 6.63. The zero-order valence-electron chi connectivity index (χ0n) is 10.4. The molecule has 0 amide bonds. The first kappa shape index (κ1) is 15.8. The van der Waals surface area contributed by atoms with Crippen molar-refractivity contribution in [2.24, 2.45) is 0 Å². The number of hydrogen-bond donors (Lipinski definition) is 1. The minimum absolute atomic E-state index is 0.0569. The Morgan fingerprint density at radius 3 is 2.63 bits per heavy atom. The molecule has 1 aromatic rings. The third-order valence-electron chi connectivity index (χ3n) is 2.36. The van der Waals surface area contributed by atoms with E-state index < -0.39 is 15.8 Å². The second-order valence-electron chi connectivity index (χ2n) is 3.92. The number of halogens is 1. The van der Waals surface area contributed by atoms with E-state index in [-0.39, 0.29) is 34.4 Å². The van der Waals surface area contributed by atoms with E-state index in [9.17, 15) is 13.2 Å². The van der Waals surface area contributed by atoms with Gasteiger partial charge in [-0.2, -0.15) is 0 Å². The number of carboxylic acid groups (broad SMARTS) is 1. The fourth-order valence-electron chi connectivity index (χ4n) is 1.52. The Morgan fingerprint density at radius 2 is 2.05 bits per heavy atom. The van der Waals surface area contributed by atoms with Crippen LogP contribution < -0.4 is 4.74 Å². The van der Waals surface area contributed by atoms with Crippen molar-refractivity contribution in [3.8, 4) is 5.75 Å². The highest BCUT2D eigenvalue weighted by atomic mass is 35.5. The van der Waals surface area contributed by atoms with Gasteiger partial charge < -0.3 is 9.84 Å². The van der Waals surface area contributed by atoms with Crippen molar-refractivity contribution in [3.05, 3.63) is 28.8 Å². The van der Waals surface area contributed by atoms with Crippen LogP contribution in [-0.2, 0) is 9.84 Å². The highest BCUT2D eigenvalue weighted by molar-refractivity contribution is 7.91. The van der Waals surface area contributed by atoms with Crippen molar-refractivity contribution in [3.63, 3.8) is 0 Å². The van der Waals surface area contributed by atoms with Crippen LogP contribution >= 0.6 is 11.6 Å². The minimum Gasteiger partial charge on any atom is -0.492 e. The predicted molar refractivity (Wildman–Crippen MR) is 72.9 cm³/mol. The van der Waals surface area contributed by atoms with Gasteiger partial charge in [-0.3, -0.25) is 0 Å². The summed E-state index contributed by atoms with van der Waals surface area (Å²) in [6, 6.07) is 4.43. The predicted octanol–water partition coefficient (Wildman–Crippen LogP) is 2.24. The van der Waals surface area contributed by atoms with Gasteiger partial charge in [0.2, 0.25) is 0 Å². The number of ether oxygens (including phenoxy) is 1. The van der Waals surface area contributed by atoms with Gasteiger partial charge in [0, 0.05) is 0 Å². The molecule has 1 aromatic carbocycles. The first-order chi connectivity index (χ1) is 8.87. The van der Waals surface area contributed by atoms with E-state index >= 15 is 0 Å². The molecule has 0 bridgehead atoms. The molecule has 0 aliphatic rings. The fraction of sp³-hybridized carbons (Fsp3) is 0.417. The molecular weight excluding hydrogens is 292 g/mol. The van der Waals surface area contributed by atoms with E-state index in [1.807, 2.05) is 0 Å². The summed E-state index contributed by atoms with van der Waals surface area (Å²) in [5, 5.41) is 9.06. The number of carbonyl (C=O) groups is 1. The maximum absolute atomic E-state index is 11.5. The second kappa shape index (κ2) is 6.77. The van der Waals surface area contributed by atoms with Crippen molar-refractivity contribution in [2.45, 2.75) is 13.3 Å². The van der Waals surface area contributed by atoms with Crippen LogP contribution in [0.15, 0.2) is 18.2 Å². The molecule has 1 rings (SSSR count). The molecule has 0 saturated carbocycles. The summed E-state index contributed by atoms with van der Waals surface area (Å²) >= 11 is 5.76. The summed E-state index contributed by atoms with van der Waals surface area (Å²) in [5.41, 5.74) is -0.156. The number of hydrogen-bond acceptors (Lipinski definition) is 4. The molecule has 5 nitrogen and oxygen atoms in total. The fourth-order valence-corrected chi connectivity index (χ4v) is 2.93. The van der Waals surface area contributed by atoms with Crippen LogP contribution in [-0.4, -0.2) is 37.6 Å². The van der Waals surface area contributed by atoms with Gasteiger partial charge in [-0.1, -0.05) is 24.6 Å². The summed E-state index contributed by atoms with van der Waals surface area (Å²) in [4.78, 5) is 11.0. The lowest BCUT2D eigenvalue weighted by molar-refractivity contribution is 0.0693. The molecule has 0 heterocycles. The molecule has 0 saturated heterocycles. The van der Waals surface area contributed by atoms with Crippen molar-refractivity contribution in [1.29, 1.82) is 0 Å². The lowest BCUT2D eigenvalue weighted by Crippen LogP contribution is -2.17. The molecule has 0 unspecified atom stereocenters. The van der Waals surface area contributed by atoms with E-state index in [1.54, 1.807) is 13.0 Å². The van der Waals surface area contributed by atoms with Crippen LogP contribution in [0.2, 0.25) is 5.02 Å². The van der Waals surface area contributed by atoms with Gasteiger partial charge in [-0.15, -0.1) is 0 Å². The number of aromatic carboxylic acids is 1. The first-order valence-corrected chi connectivity index (χ1v) is 7.92. The van der Waals surface area contributed by atoms with E-state index in [0.717, 1.165) is 0 Å². The van der Waals surface area contributed by atoms with Crippen LogP contribution in [0.1, 0.15) is 23.7 Å². The van der Waals surface area contributed by atoms with E-state index in [1.165, 1.54) is 12.1 Å². The lowest BCUT2D eigenvalue weighted by atomic mass is 10.2. The Morgan fingerprint density at radius 1 is 1.37 bits per heavy atom. The van der Waals surface area contributed by atoms with Gasteiger partial charge in [0.15, 0.2) is 9.84 Å². The SMILES string of the molecule is CCCS(=O)(=O)CCOc1cccc(Cl)c1C(=O)O. The Hall–Kier alpha value is -1.27. The van der Waals surface area contributed by atoms with E-state index in [0.29, 0.717) is 6.42 Å². The summed E-state index contributed by atoms with van der Waals surface area (Å²) in [6.45, 7) is 1.68. The normalized spacial score (nSPS) is 11.3. The average molecular weight is 307 g/mol. The molecule has 0 radical (unpaired) electrons. The van der Waals surface area contributed by atoms with Gasteiger partial charge in [0.25, 0.3) is 0 Å². The standard InChI is InChI=1S/C12H15ClO5S/c1-2-7-19(16,17)8-6-18-10-5-3-4-9(13)11(10)12(14)15/h3-5H,2,6-8H2,1H3,(H,14,15). The van der Waals surface area contributed by atoms with E-state index in [2.05, 4.69) is 0 Å². The quantitative estimate of drug-likeness (QED) is 0.835. The molecule has 0 aromatic heterocycles. The van der Waals surface area contributed by atoms with Crippen LogP contribution in [0, 0.1) is 0 Å². The van der Waals surface area contributed by atoms with Crippen molar-refractivity contribution >= 4 is 27.4 Å². The Labute approximate surface area is 117 Å². The van der Waals surface area contributed by atoms with Gasteiger partial charge in [-0.05, 0) is 18.6 Å². The molecule has 1 N–H and O–H groups in total. The minimum atomic E-state index is -3.15. The Kier molecular flexibility index (Phi) is 5.62. The monoisotopic (exact) mass is 306 g/mol. The summed E-state index contributed by atoms with van der Waals surface area (Å²) in [5.74, 6) is -1.19. The number of carboxylic acids is 1. The van der Waals surface area contributed by atoms with Crippen LogP contribution in [0.4, 0.5) is 0 Å². The molecule has 0 aliphatic heterocycles. The van der Waals surface area contributed by atoms with Crippen LogP contribution in [0.3, 0.4) is 0 Å². The highest BCUT2D eigenvalue weighted by Crippen LogP contribution is 2.26. The zero-order valence-corrected chi connectivity index (χ0v) is 12.0. The molecule has 0 aliphatic carbocycles. The molecule has 7 heteroatoms. The number of sulfone groups is 1. The van der Waals surface area contributed by atoms with E-state index in [4.69, 9.17) is 21.4 Å². The Balaban J connectivity index is 2.74. The summed E-state index contributed by atoms with van der Waals surface area (Å²) < 4.78 is 28.2. The molecular formula is C12H15ClO5S. The molecule has 0 atom stereocenters. The number of benzene rings is 1. The smallest absolute Gasteiger partial charge is 0.341 e. The molecule has 0 fully saturated rings. The molecule has 106 valence electrons. The van der Waals surface area contributed by atoms with Crippen molar-refractivity contribution < 1.29 is 23.1 Å².